The molecule has 0 aromatic rings. The van der Waals surface area contributed by atoms with E-state index in [0.717, 1.165) is 30.4 Å². The molecule has 1 saturated heterocycles. The SMILES string of the molecule is C=CCSCCNC(=O)C1CC2CCCCC2N1. The lowest BCUT2D eigenvalue weighted by atomic mass is 9.85. The molecule has 1 aliphatic heterocycles. The van der Waals surface area contributed by atoms with Gasteiger partial charge < -0.3 is 10.6 Å². The molecule has 2 fully saturated rings. The van der Waals surface area contributed by atoms with Gasteiger partial charge in [-0.15, -0.1) is 6.58 Å². The number of thioether (sulfide) groups is 1. The lowest BCUT2D eigenvalue weighted by Gasteiger charge is -2.24. The number of amides is 1. The number of hydrogen-bond donors (Lipinski definition) is 2. The van der Waals surface area contributed by atoms with Crippen LogP contribution in [0.25, 0.3) is 0 Å². The van der Waals surface area contributed by atoms with Gasteiger partial charge in [0, 0.05) is 24.1 Å². The van der Waals surface area contributed by atoms with E-state index in [-0.39, 0.29) is 11.9 Å². The standard InChI is InChI=1S/C14H24N2OS/c1-2-8-18-9-7-15-14(17)13-10-11-5-3-4-6-12(11)16-13/h2,11-13,16H,1,3-10H2,(H,15,17). The van der Waals surface area contributed by atoms with Crippen LogP contribution in [-0.2, 0) is 4.79 Å². The lowest BCUT2D eigenvalue weighted by molar-refractivity contribution is -0.122. The summed E-state index contributed by atoms with van der Waals surface area (Å²) in [5.74, 6) is 2.87. The number of carbonyl (C=O) groups excluding carboxylic acids is 1. The quantitative estimate of drug-likeness (QED) is 0.571. The van der Waals surface area contributed by atoms with Crippen LogP contribution in [0.4, 0.5) is 0 Å². The fourth-order valence-corrected chi connectivity index (χ4v) is 3.64. The van der Waals surface area contributed by atoms with Crippen molar-refractivity contribution in [2.75, 3.05) is 18.1 Å². The molecule has 0 aromatic heterocycles. The van der Waals surface area contributed by atoms with Gasteiger partial charge in [-0.05, 0) is 25.2 Å². The van der Waals surface area contributed by atoms with Gasteiger partial charge in [-0.2, -0.15) is 11.8 Å². The summed E-state index contributed by atoms with van der Waals surface area (Å²) in [4.78, 5) is 12.0. The first-order chi connectivity index (χ1) is 8.81. The van der Waals surface area contributed by atoms with E-state index in [1.165, 1.54) is 25.7 Å². The van der Waals surface area contributed by atoms with Crippen molar-refractivity contribution in [3.63, 3.8) is 0 Å². The molecule has 1 saturated carbocycles. The van der Waals surface area contributed by atoms with Crippen LogP contribution in [0, 0.1) is 5.92 Å². The fourth-order valence-electron chi connectivity index (χ4n) is 3.06. The second kappa shape index (κ2) is 7.19. The van der Waals surface area contributed by atoms with Crippen molar-refractivity contribution in [1.29, 1.82) is 0 Å². The Kier molecular flexibility index (Phi) is 5.57. The van der Waals surface area contributed by atoms with Crippen molar-refractivity contribution in [3.05, 3.63) is 12.7 Å². The third kappa shape index (κ3) is 3.75. The van der Waals surface area contributed by atoms with E-state index in [4.69, 9.17) is 0 Å². The van der Waals surface area contributed by atoms with Crippen molar-refractivity contribution in [2.45, 2.75) is 44.2 Å². The van der Waals surface area contributed by atoms with Crippen molar-refractivity contribution >= 4 is 17.7 Å². The molecule has 3 atom stereocenters. The van der Waals surface area contributed by atoms with Crippen molar-refractivity contribution < 1.29 is 4.79 Å². The molecule has 102 valence electrons. The molecule has 1 aliphatic carbocycles. The van der Waals surface area contributed by atoms with Gasteiger partial charge in [0.05, 0.1) is 6.04 Å². The molecule has 0 aromatic carbocycles. The Morgan fingerprint density at radius 3 is 3.06 bits per heavy atom. The summed E-state index contributed by atoms with van der Waals surface area (Å²) >= 11 is 1.80. The highest BCUT2D eigenvalue weighted by molar-refractivity contribution is 7.99. The summed E-state index contributed by atoms with van der Waals surface area (Å²) < 4.78 is 0. The zero-order valence-electron chi connectivity index (χ0n) is 11.0. The second-order valence-electron chi connectivity index (χ2n) is 5.26. The Labute approximate surface area is 114 Å². The lowest BCUT2D eigenvalue weighted by Crippen LogP contribution is -2.43. The number of nitrogens with one attached hydrogen (secondary N) is 2. The molecule has 1 amide bonds. The van der Waals surface area contributed by atoms with Gasteiger partial charge in [0.25, 0.3) is 0 Å². The maximum Gasteiger partial charge on any atom is 0.237 e. The summed E-state index contributed by atoms with van der Waals surface area (Å²) in [6.45, 7) is 4.45. The van der Waals surface area contributed by atoms with Crippen LogP contribution in [0.15, 0.2) is 12.7 Å². The zero-order valence-corrected chi connectivity index (χ0v) is 11.8. The molecular weight excluding hydrogens is 244 g/mol. The maximum absolute atomic E-state index is 12.0. The van der Waals surface area contributed by atoms with Gasteiger partial charge in [-0.3, -0.25) is 4.79 Å². The van der Waals surface area contributed by atoms with Gasteiger partial charge in [0.1, 0.15) is 0 Å². The molecule has 4 heteroatoms. The Bertz CT molecular complexity index is 282. The van der Waals surface area contributed by atoms with Gasteiger partial charge in [0.15, 0.2) is 0 Å². The van der Waals surface area contributed by atoms with Crippen LogP contribution in [0.5, 0.6) is 0 Å². The van der Waals surface area contributed by atoms with Crippen LogP contribution < -0.4 is 10.6 Å². The minimum Gasteiger partial charge on any atom is -0.354 e. The molecule has 3 unspecified atom stereocenters. The zero-order chi connectivity index (χ0) is 12.8. The molecule has 0 spiro atoms. The molecule has 2 rings (SSSR count). The molecule has 3 nitrogen and oxygen atoms in total. The van der Waals surface area contributed by atoms with Crippen LogP contribution in [0.1, 0.15) is 32.1 Å². The summed E-state index contributed by atoms with van der Waals surface area (Å²) in [5, 5.41) is 6.55. The van der Waals surface area contributed by atoms with Crippen LogP contribution in [0.2, 0.25) is 0 Å². The topological polar surface area (TPSA) is 41.1 Å². The van der Waals surface area contributed by atoms with Gasteiger partial charge in [-0.1, -0.05) is 18.9 Å². The maximum atomic E-state index is 12.0. The third-order valence-corrected chi connectivity index (χ3v) is 4.92. The predicted octanol–water partition coefficient (Wildman–Crippen LogP) is 1.94. The average molecular weight is 268 g/mol. The molecule has 18 heavy (non-hydrogen) atoms. The van der Waals surface area contributed by atoms with Crippen LogP contribution >= 0.6 is 11.8 Å². The van der Waals surface area contributed by atoms with E-state index in [0.29, 0.717) is 6.04 Å². The summed E-state index contributed by atoms with van der Waals surface area (Å²) in [5.41, 5.74) is 0. The van der Waals surface area contributed by atoms with E-state index in [9.17, 15) is 4.79 Å². The molecule has 0 bridgehead atoms. The first-order valence-electron chi connectivity index (χ1n) is 7.03. The van der Waals surface area contributed by atoms with Gasteiger partial charge in [0.2, 0.25) is 5.91 Å². The van der Waals surface area contributed by atoms with Gasteiger partial charge in [-0.25, -0.2) is 0 Å². The minimum atomic E-state index is 0.0579. The van der Waals surface area contributed by atoms with E-state index < -0.39 is 0 Å². The van der Waals surface area contributed by atoms with E-state index in [1.54, 1.807) is 11.8 Å². The highest BCUT2D eigenvalue weighted by Gasteiger charge is 2.37. The summed E-state index contributed by atoms with van der Waals surface area (Å²) in [6.07, 6.45) is 8.16. The number of carbonyl (C=O) groups is 1. The average Bonchev–Trinajstić information content (AvgIpc) is 2.82. The Balaban J connectivity index is 1.65. The summed E-state index contributed by atoms with van der Waals surface area (Å²) in [6, 6.07) is 0.659. The molecule has 0 radical (unpaired) electrons. The molecule has 2 N–H and O–H groups in total. The van der Waals surface area contributed by atoms with Crippen molar-refractivity contribution in [1.82, 2.24) is 10.6 Å². The second-order valence-corrected chi connectivity index (χ2v) is 6.41. The van der Waals surface area contributed by atoms with E-state index >= 15 is 0 Å². The van der Waals surface area contributed by atoms with E-state index in [1.807, 2.05) is 6.08 Å². The minimum absolute atomic E-state index is 0.0579. The highest BCUT2D eigenvalue weighted by atomic mass is 32.2. The first-order valence-corrected chi connectivity index (χ1v) is 8.19. The number of hydrogen-bond acceptors (Lipinski definition) is 3. The van der Waals surface area contributed by atoms with Crippen LogP contribution in [-0.4, -0.2) is 36.0 Å². The monoisotopic (exact) mass is 268 g/mol. The van der Waals surface area contributed by atoms with Gasteiger partial charge >= 0.3 is 0 Å². The van der Waals surface area contributed by atoms with Crippen molar-refractivity contribution in [2.24, 2.45) is 5.92 Å². The van der Waals surface area contributed by atoms with Crippen LogP contribution in [0.3, 0.4) is 0 Å². The number of fused-ring (bicyclic) bond motifs is 1. The summed E-state index contributed by atoms with van der Waals surface area (Å²) in [7, 11) is 0. The smallest absolute Gasteiger partial charge is 0.237 e. The predicted molar refractivity (Wildman–Crippen MR) is 77.8 cm³/mol. The molecular formula is C14H24N2OS. The Morgan fingerprint density at radius 1 is 1.44 bits per heavy atom. The third-order valence-electron chi connectivity index (χ3n) is 3.96. The van der Waals surface area contributed by atoms with E-state index in [2.05, 4.69) is 17.2 Å². The normalized spacial score (nSPS) is 30.8. The fraction of sp³-hybridized carbons (Fsp3) is 0.786. The Morgan fingerprint density at radius 2 is 2.28 bits per heavy atom. The largest absolute Gasteiger partial charge is 0.354 e. The number of rotatable bonds is 6. The molecule has 1 heterocycles. The molecule has 2 aliphatic rings. The van der Waals surface area contributed by atoms with Crippen molar-refractivity contribution in [3.8, 4) is 0 Å². The first kappa shape index (κ1) is 13.9. The Hall–Kier alpha value is -0.480. The highest BCUT2D eigenvalue weighted by Crippen LogP contribution is 2.33.